The van der Waals surface area contributed by atoms with Crippen LogP contribution in [0.25, 0.3) is 0 Å². The van der Waals surface area contributed by atoms with Crippen molar-refractivity contribution in [2.24, 2.45) is 0 Å². The van der Waals surface area contributed by atoms with Gasteiger partial charge in [-0.05, 0) is 24.3 Å². The summed E-state index contributed by atoms with van der Waals surface area (Å²) in [6.45, 7) is 1.18. The van der Waals surface area contributed by atoms with Gasteiger partial charge in [-0.15, -0.1) is 0 Å². The molecule has 11 heteroatoms. The van der Waals surface area contributed by atoms with Gasteiger partial charge in [0.2, 0.25) is 5.91 Å². The fraction of sp³-hybridized carbons (Fsp3) is 0.133. The number of nitrogens with one attached hydrogen (secondary N) is 1. The number of nitro groups is 1. The van der Waals surface area contributed by atoms with E-state index in [4.69, 9.17) is 27.9 Å². The van der Waals surface area contributed by atoms with E-state index in [9.17, 15) is 28.1 Å². The second-order valence-corrected chi connectivity index (χ2v) is 5.80. The third-order valence-corrected chi connectivity index (χ3v) is 3.58. The van der Waals surface area contributed by atoms with Gasteiger partial charge in [0.15, 0.2) is 5.75 Å². The highest BCUT2D eigenvalue weighted by atomic mass is 35.5. The van der Waals surface area contributed by atoms with E-state index in [0.29, 0.717) is 12.1 Å². The minimum absolute atomic E-state index is 0.0699. The second-order valence-electron chi connectivity index (χ2n) is 4.99. The Morgan fingerprint density at radius 2 is 1.77 bits per heavy atom. The predicted molar refractivity (Wildman–Crippen MR) is 88.9 cm³/mol. The van der Waals surface area contributed by atoms with Crippen LogP contribution in [0.15, 0.2) is 30.3 Å². The monoisotopic (exact) mass is 408 g/mol. The number of nitro benzene ring substituents is 1. The zero-order valence-electron chi connectivity index (χ0n) is 12.9. The van der Waals surface area contributed by atoms with Gasteiger partial charge < -0.3 is 10.1 Å². The van der Waals surface area contributed by atoms with Crippen LogP contribution in [0.5, 0.6) is 11.5 Å². The lowest BCUT2D eigenvalue weighted by molar-refractivity contribution is -0.384. The van der Waals surface area contributed by atoms with Crippen LogP contribution in [-0.2, 0) is 11.0 Å². The van der Waals surface area contributed by atoms with Crippen LogP contribution in [-0.4, -0.2) is 10.8 Å². The second kappa shape index (κ2) is 7.38. The molecule has 2 aromatic rings. The highest BCUT2D eigenvalue weighted by Crippen LogP contribution is 2.42. The molecule has 1 N–H and O–H groups in total. The normalized spacial score (nSPS) is 11.2. The fourth-order valence-electron chi connectivity index (χ4n) is 1.96. The van der Waals surface area contributed by atoms with E-state index in [1.54, 1.807) is 0 Å². The lowest BCUT2D eigenvalue weighted by Crippen LogP contribution is -2.08. The molecule has 0 atom stereocenters. The van der Waals surface area contributed by atoms with E-state index in [0.717, 1.165) is 6.07 Å². The molecule has 0 aliphatic heterocycles. The molecule has 0 spiro atoms. The van der Waals surface area contributed by atoms with Crippen LogP contribution in [0.2, 0.25) is 10.0 Å². The maximum atomic E-state index is 12.7. The van der Waals surface area contributed by atoms with Gasteiger partial charge in [-0.1, -0.05) is 23.2 Å². The number of ether oxygens (including phenoxy) is 1. The number of carbonyl (C=O) groups excluding carboxylic acids is 1. The molecule has 2 rings (SSSR count). The number of anilines is 1. The molecule has 0 heterocycles. The fourth-order valence-corrected chi connectivity index (χ4v) is 2.52. The van der Waals surface area contributed by atoms with E-state index in [2.05, 4.69) is 5.32 Å². The number of nitrogens with zero attached hydrogens (tertiary/aromatic N) is 1. The average molecular weight is 409 g/mol. The van der Waals surface area contributed by atoms with Gasteiger partial charge >= 0.3 is 6.18 Å². The van der Waals surface area contributed by atoms with E-state index < -0.39 is 38.3 Å². The number of benzene rings is 2. The van der Waals surface area contributed by atoms with Crippen molar-refractivity contribution in [2.45, 2.75) is 13.1 Å². The van der Waals surface area contributed by atoms with Crippen LogP contribution in [0.4, 0.5) is 24.5 Å². The summed E-state index contributed by atoms with van der Waals surface area (Å²) in [5.41, 5.74) is -1.61. The molecular weight excluding hydrogens is 400 g/mol. The Hall–Kier alpha value is -2.52. The molecule has 6 nitrogen and oxygen atoms in total. The molecule has 2 aromatic carbocycles. The van der Waals surface area contributed by atoms with Gasteiger partial charge in [0.05, 0.1) is 26.6 Å². The van der Waals surface area contributed by atoms with Crippen molar-refractivity contribution in [3.63, 3.8) is 0 Å². The zero-order chi connectivity index (χ0) is 19.6. The van der Waals surface area contributed by atoms with Gasteiger partial charge in [0.25, 0.3) is 5.69 Å². The van der Waals surface area contributed by atoms with Crippen LogP contribution in [0, 0.1) is 10.1 Å². The number of amides is 1. The highest BCUT2D eigenvalue weighted by molar-refractivity contribution is 6.37. The number of halogens is 5. The van der Waals surface area contributed by atoms with Gasteiger partial charge in [-0.3, -0.25) is 14.9 Å². The lowest BCUT2D eigenvalue weighted by Gasteiger charge is -2.13. The summed E-state index contributed by atoms with van der Waals surface area (Å²) in [4.78, 5) is 21.4. The first kappa shape index (κ1) is 19.8. The van der Waals surface area contributed by atoms with E-state index >= 15 is 0 Å². The maximum absolute atomic E-state index is 12.7. The molecule has 0 unspecified atom stereocenters. The van der Waals surface area contributed by atoms with E-state index in [1.165, 1.54) is 19.1 Å². The van der Waals surface area contributed by atoms with Crippen molar-refractivity contribution >= 4 is 40.5 Å². The zero-order valence-corrected chi connectivity index (χ0v) is 14.4. The molecular formula is C15H9Cl2F3N2O4. The number of alkyl halides is 3. The third-order valence-electron chi connectivity index (χ3n) is 3.02. The standard InChI is InChI=1S/C15H9Cl2F3N2O4/c1-7(23)21-12-3-2-9(6-13(12)22(24)25)26-14-10(16)4-8(5-11(14)17)15(18,19)20/h2-6H,1H3,(H,21,23). The molecule has 0 aliphatic carbocycles. The van der Waals surface area contributed by atoms with Gasteiger partial charge in [0, 0.05) is 6.92 Å². The van der Waals surface area contributed by atoms with Gasteiger partial charge in [-0.25, -0.2) is 0 Å². The number of hydrogen-bond acceptors (Lipinski definition) is 4. The molecule has 0 fully saturated rings. The molecule has 0 bridgehead atoms. The molecule has 1 amide bonds. The van der Waals surface area contributed by atoms with Crippen molar-refractivity contribution in [3.05, 3.63) is 56.1 Å². The Bertz CT molecular complexity index is 865. The average Bonchev–Trinajstić information content (AvgIpc) is 2.50. The number of carbonyl (C=O) groups is 1. The molecule has 26 heavy (non-hydrogen) atoms. The first-order valence-electron chi connectivity index (χ1n) is 6.79. The summed E-state index contributed by atoms with van der Waals surface area (Å²) >= 11 is 11.6. The summed E-state index contributed by atoms with van der Waals surface area (Å²) < 4.78 is 43.5. The summed E-state index contributed by atoms with van der Waals surface area (Å²) in [7, 11) is 0. The summed E-state index contributed by atoms with van der Waals surface area (Å²) in [6.07, 6.45) is -4.65. The number of hydrogen-bond donors (Lipinski definition) is 1. The first-order chi connectivity index (χ1) is 12.0. The summed E-state index contributed by atoms with van der Waals surface area (Å²) in [5.74, 6) is -0.909. The largest absolute Gasteiger partial charge is 0.454 e. The topological polar surface area (TPSA) is 81.5 Å². The Morgan fingerprint density at radius 1 is 1.19 bits per heavy atom. The smallest absolute Gasteiger partial charge is 0.416 e. The van der Waals surface area contributed by atoms with Crippen LogP contribution in [0.1, 0.15) is 12.5 Å². The van der Waals surface area contributed by atoms with Crippen LogP contribution >= 0.6 is 23.2 Å². The van der Waals surface area contributed by atoms with Crippen molar-refractivity contribution < 1.29 is 27.6 Å². The van der Waals surface area contributed by atoms with E-state index in [1.807, 2.05) is 0 Å². The molecule has 0 aliphatic rings. The Kier molecular flexibility index (Phi) is 5.62. The quantitative estimate of drug-likeness (QED) is 0.521. The Morgan fingerprint density at radius 3 is 2.23 bits per heavy atom. The van der Waals surface area contributed by atoms with Crippen molar-refractivity contribution in [1.29, 1.82) is 0 Å². The molecule has 0 saturated heterocycles. The first-order valence-corrected chi connectivity index (χ1v) is 7.54. The molecule has 0 radical (unpaired) electrons. The van der Waals surface area contributed by atoms with Crippen molar-refractivity contribution in [1.82, 2.24) is 0 Å². The summed E-state index contributed by atoms with van der Waals surface area (Å²) in [5, 5.41) is 12.6. The SMILES string of the molecule is CC(=O)Nc1ccc(Oc2c(Cl)cc(C(F)(F)F)cc2Cl)cc1[N+](=O)[O-]. The van der Waals surface area contributed by atoms with Crippen molar-refractivity contribution in [3.8, 4) is 11.5 Å². The molecule has 0 aromatic heterocycles. The highest BCUT2D eigenvalue weighted by Gasteiger charge is 2.32. The van der Waals surface area contributed by atoms with E-state index in [-0.39, 0.29) is 17.2 Å². The van der Waals surface area contributed by atoms with Gasteiger partial charge in [0.1, 0.15) is 11.4 Å². The molecule has 0 saturated carbocycles. The Balaban J connectivity index is 2.41. The lowest BCUT2D eigenvalue weighted by atomic mass is 10.2. The third kappa shape index (κ3) is 4.55. The van der Waals surface area contributed by atoms with Gasteiger partial charge in [-0.2, -0.15) is 13.2 Å². The minimum Gasteiger partial charge on any atom is -0.454 e. The molecule has 138 valence electrons. The minimum atomic E-state index is -4.65. The maximum Gasteiger partial charge on any atom is 0.416 e. The van der Waals surface area contributed by atoms with Crippen LogP contribution < -0.4 is 10.1 Å². The predicted octanol–water partition coefficient (Wildman–Crippen LogP) is 5.67. The summed E-state index contributed by atoms with van der Waals surface area (Å²) in [6, 6.07) is 4.71. The van der Waals surface area contributed by atoms with Crippen molar-refractivity contribution in [2.75, 3.05) is 5.32 Å². The Labute approximate surface area is 154 Å². The number of rotatable bonds is 4. The van der Waals surface area contributed by atoms with Crippen LogP contribution in [0.3, 0.4) is 0 Å².